The molecule has 0 aliphatic carbocycles. The van der Waals surface area contributed by atoms with Crippen LogP contribution < -0.4 is 5.32 Å². The maximum atomic E-state index is 3.70. The van der Waals surface area contributed by atoms with E-state index in [0.29, 0.717) is 0 Å². The predicted octanol–water partition coefficient (Wildman–Crippen LogP) is 4.86. The van der Waals surface area contributed by atoms with Crippen molar-refractivity contribution in [2.45, 2.75) is 78.2 Å². The molecule has 17 heavy (non-hydrogen) atoms. The number of rotatable bonds is 13. The van der Waals surface area contributed by atoms with Gasteiger partial charge in [0.1, 0.15) is 0 Å². The van der Waals surface area contributed by atoms with E-state index in [9.17, 15) is 0 Å². The minimum Gasteiger partial charge on any atom is -0.313 e. The van der Waals surface area contributed by atoms with Crippen LogP contribution in [-0.2, 0) is 0 Å². The van der Waals surface area contributed by atoms with Crippen molar-refractivity contribution < 1.29 is 0 Å². The zero-order chi connectivity index (χ0) is 12.8. The van der Waals surface area contributed by atoms with E-state index in [4.69, 9.17) is 0 Å². The highest BCUT2D eigenvalue weighted by molar-refractivity contribution is 7.99. The summed E-state index contributed by atoms with van der Waals surface area (Å²) < 4.78 is 0. The summed E-state index contributed by atoms with van der Waals surface area (Å²) in [6, 6.07) is 0.758. The third-order valence-corrected chi connectivity index (χ3v) is 4.34. The molecule has 1 unspecified atom stereocenters. The standard InChI is InChI=1S/C15H33NS/c1-4-7-8-9-10-11-15(16-12-5-2)14-17-13-6-3/h15-16H,4-14H2,1-3H3. The SMILES string of the molecule is CCCCCCCC(CSCCC)NCCC. The van der Waals surface area contributed by atoms with Gasteiger partial charge < -0.3 is 5.32 Å². The molecule has 0 spiro atoms. The van der Waals surface area contributed by atoms with Crippen LogP contribution in [0.3, 0.4) is 0 Å². The topological polar surface area (TPSA) is 12.0 Å². The van der Waals surface area contributed by atoms with Crippen LogP contribution in [0.2, 0.25) is 0 Å². The molecular weight excluding hydrogens is 226 g/mol. The van der Waals surface area contributed by atoms with Gasteiger partial charge >= 0.3 is 0 Å². The molecule has 0 aromatic carbocycles. The van der Waals surface area contributed by atoms with Crippen molar-refractivity contribution in [3.05, 3.63) is 0 Å². The van der Waals surface area contributed by atoms with Crippen molar-refractivity contribution >= 4 is 11.8 Å². The smallest absolute Gasteiger partial charge is 0.0158 e. The summed E-state index contributed by atoms with van der Waals surface area (Å²) in [5, 5.41) is 3.70. The Labute approximate surface area is 114 Å². The fourth-order valence-electron chi connectivity index (χ4n) is 1.96. The maximum Gasteiger partial charge on any atom is 0.0158 e. The van der Waals surface area contributed by atoms with Crippen molar-refractivity contribution in [1.82, 2.24) is 5.32 Å². The monoisotopic (exact) mass is 259 g/mol. The van der Waals surface area contributed by atoms with Crippen molar-refractivity contribution in [3.8, 4) is 0 Å². The highest BCUT2D eigenvalue weighted by Crippen LogP contribution is 2.12. The molecule has 0 bridgehead atoms. The Morgan fingerprint density at radius 2 is 1.65 bits per heavy atom. The van der Waals surface area contributed by atoms with E-state index in [1.54, 1.807) is 0 Å². The van der Waals surface area contributed by atoms with Crippen molar-refractivity contribution in [1.29, 1.82) is 0 Å². The first-order chi connectivity index (χ1) is 8.35. The third kappa shape index (κ3) is 12.6. The first kappa shape index (κ1) is 17.3. The van der Waals surface area contributed by atoms with E-state index in [0.717, 1.165) is 6.04 Å². The fourth-order valence-corrected chi connectivity index (χ4v) is 2.98. The lowest BCUT2D eigenvalue weighted by atomic mass is 10.1. The molecule has 0 amide bonds. The van der Waals surface area contributed by atoms with Gasteiger partial charge in [0.15, 0.2) is 0 Å². The van der Waals surface area contributed by atoms with Crippen LogP contribution in [0.1, 0.15) is 72.1 Å². The lowest BCUT2D eigenvalue weighted by molar-refractivity contribution is 0.485. The summed E-state index contributed by atoms with van der Waals surface area (Å²) in [6.45, 7) is 8.00. The Hall–Kier alpha value is 0.310. The van der Waals surface area contributed by atoms with Crippen LogP contribution in [0.15, 0.2) is 0 Å². The summed E-state index contributed by atoms with van der Waals surface area (Å²) >= 11 is 2.12. The van der Waals surface area contributed by atoms with Crippen molar-refractivity contribution in [3.63, 3.8) is 0 Å². The van der Waals surface area contributed by atoms with Crippen molar-refractivity contribution in [2.75, 3.05) is 18.1 Å². The van der Waals surface area contributed by atoms with Gasteiger partial charge in [-0.25, -0.2) is 0 Å². The molecule has 0 heterocycles. The maximum absolute atomic E-state index is 3.70. The molecule has 0 aliphatic heterocycles. The number of hydrogen-bond acceptors (Lipinski definition) is 2. The molecule has 0 saturated carbocycles. The van der Waals surface area contributed by atoms with Gasteiger partial charge in [0, 0.05) is 11.8 Å². The van der Waals surface area contributed by atoms with Gasteiger partial charge in [-0.3, -0.25) is 0 Å². The average molecular weight is 260 g/mol. The van der Waals surface area contributed by atoms with Gasteiger partial charge in [0.2, 0.25) is 0 Å². The molecule has 1 atom stereocenters. The molecule has 2 heteroatoms. The Bertz CT molecular complexity index is 139. The average Bonchev–Trinajstić information content (AvgIpc) is 2.35. The minimum absolute atomic E-state index is 0.758. The summed E-state index contributed by atoms with van der Waals surface area (Å²) in [4.78, 5) is 0. The highest BCUT2D eigenvalue weighted by Gasteiger charge is 2.06. The van der Waals surface area contributed by atoms with Gasteiger partial charge in [-0.05, 0) is 31.6 Å². The van der Waals surface area contributed by atoms with Crippen LogP contribution in [0.4, 0.5) is 0 Å². The van der Waals surface area contributed by atoms with Crippen LogP contribution in [0.5, 0.6) is 0 Å². The molecule has 1 nitrogen and oxygen atoms in total. The Morgan fingerprint density at radius 3 is 2.29 bits per heavy atom. The van der Waals surface area contributed by atoms with Crippen LogP contribution in [0, 0.1) is 0 Å². The predicted molar refractivity (Wildman–Crippen MR) is 83.1 cm³/mol. The fraction of sp³-hybridized carbons (Fsp3) is 1.00. The second-order valence-corrected chi connectivity index (χ2v) is 6.08. The molecule has 0 aliphatic rings. The molecule has 0 radical (unpaired) electrons. The second kappa shape index (κ2) is 14.4. The lowest BCUT2D eigenvalue weighted by Gasteiger charge is -2.18. The Kier molecular flexibility index (Phi) is 14.6. The zero-order valence-corrected chi connectivity index (χ0v) is 13.1. The van der Waals surface area contributed by atoms with Gasteiger partial charge in [-0.2, -0.15) is 11.8 Å². The number of hydrogen-bond donors (Lipinski definition) is 1. The largest absolute Gasteiger partial charge is 0.313 e. The van der Waals surface area contributed by atoms with E-state index >= 15 is 0 Å². The molecule has 0 aromatic heterocycles. The van der Waals surface area contributed by atoms with E-state index in [2.05, 4.69) is 37.8 Å². The zero-order valence-electron chi connectivity index (χ0n) is 12.3. The van der Waals surface area contributed by atoms with E-state index < -0.39 is 0 Å². The third-order valence-electron chi connectivity index (χ3n) is 3.01. The van der Waals surface area contributed by atoms with Crippen LogP contribution in [0.25, 0.3) is 0 Å². The molecule has 104 valence electrons. The highest BCUT2D eigenvalue weighted by atomic mass is 32.2. The van der Waals surface area contributed by atoms with Gasteiger partial charge in [-0.1, -0.05) is 52.9 Å². The van der Waals surface area contributed by atoms with Gasteiger partial charge in [0.05, 0.1) is 0 Å². The lowest BCUT2D eigenvalue weighted by Crippen LogP contribution is -2.32. The van der Waals surface area contributed by atoms with Crippen LogP contribution >= 0.6 is 11.8 Å². The Morgan fingerprint density at radius 1 is 0.882 bits per heavy atom. The summed E-state index contributed by atoms with van der Waals surface area (Å²) in [6.07, 6.45) is 11.0. The molecule has 0 aromatic rings. The molecule has 0 rings (SSSR count). The minimum atomic E-state index is 0.758. The van der Waals surface area contributed by atoms with Crippen molar-refractivity contribution in [2.24, 2.45) is 0 Å². The first-order valence-electron chi connectivity index (χ1n) is 7.66. The molecular formula is C15H33NS. The van der Waals surface area contributed by atoms with E-state index in [1.807, 2.05) is 0 Å². The molecule has 0 saturated heterocycles. The first-order valence-corrected chi connectivity index (χ1v) is 8.81. The number of thioether (sulfide) groups is 1. The van der Waals surface area contributed by atoms with Gasteiger partial charge in [0.25, 0.3) is 0 Å². The van der Waals surface area contributed by atoms with Crippen LogP contribution in [-0.4, -0.2) is 24.1 Å². The summed E-state index contributed by atoms with van der Waals surface area (Å²) in [5.74, 6) is 2.63. The Balaban J connectivity index is 3.53. The number of nitrogens with one attached hydrogen (secondary N) is 1. The van der Waals surface area contributed by atoms with E-state index in [-0.39, 0.29) is 0 Å². The van der Waals surface area contributed by atoms with E-state index in [1.165, 1.54) is 69.4 Å². The second-order valence-electron chi connectivity index (χ2n) is 4.93. The van der Waals surface area contributed by atoms with Gasteiger partial charge in [-0.15, -0.1) is 0 Å². The normalized spacial score (nSPS) is 12.9. The molecule has 1 N–H and O–H groups in total. The quantitative estimate of drug-likeness (QED) is 0.474. The number of unbranched alkanes of at least 4 members (excludes halogenated alkanes) is 4. The summed E-state index contributed by atoms with van der Waals surface area (Å²) in [5.41, 5.74) is 0. The summed E-state index contributed by atoms with van der Waals surface area (Å²) in [7, 11) is 0. The molecule has 0 fully saturated rings.